The molecule has 1 aromatic rings. The Morgan fingerprint density at radius 3 is 1.86 bits per heavy atom. The van der Waals surface area contributed by atoms with E-state index in [1.165, 1.54) is 38.4 Å². The zero-order valence-electron chi connectivity index (χ0n) is 12.6. The average Bonchev–Trinajstić information content (AvgIpc) is 2.50. The number of amides is 3. The predicted molar refractivity (Wildman–Crippen MR) is 75.8 cm³/mol. The fraction of sp³-hybridized carbons (Fsp3) is 0.385. The molecule has 0 heterocycles. The van der Waals surface area contributed by atoms with Crippen LogP contribution >= 0.6 is 0 Å². The first-order valence-corrected chi connectivity index (χ1v) is 6.02. The molecule has 8 nitrogen and oxygen atoms in total. The Morgan fingerprint density at radius 2 is 1.48 bits per heavy atom. The highest BCUT2D eigenvalue weighted by molar-refractivity contribution is 5.96. The second-order valence-electron chi connectivity index (χ2n) is 4.19. The van der Waals surface area contributed by atoms with Crippen molar-refractivity contribution >= 4 is 11.9 Å². The summed E-state index contributed by atoms with van der Waals surface area (Å²) in [5, 5.41) is 0. The lowest BCUT2D eigenvalue weighted by Gasteiger charge is -2.15. The van der Waals surface area contributed by atoms with Gasteiger partial charge < -0.3 is 19.1 Å². The van der Waals surface area contributed by atoms with Gasteiger partial charge in [-0.05, 0) is 12.1 Å². The first-order valence-electron chi connectivity index (χ1n) is 6.02. The quantitative estimate of drug-likeness (QED) is 0.796. The first kappa shape index (κ1) is 16.4. The minimum atomic E-state index is -0.510. The number of rotatable bonds is 4. The predicted octanol–water partition coefficient (Wildman–Crippen LogP) is 0.628. The smallest absolute Gasteiger partial charge is 0.335 e. The van der Waals surface area contributed by atoms with Crippen LogP contribution in [0.4, 0.5) is 4.79 Å². The fourth-order valence-corrected chi connectivity index (χ4v) is 1.51. The zero-order valence-corrected chi connectivity index (χ0v) is 12.6. The molecule has 21 heavy (non-hydrogen) atoms. The van der Waals surface area contributed by atoms with Gasteiger partial charge in [0.25, 0.3) is 5.91 Å². The van der Waals surface area contributed by atoms with Crippen molar-refractivity contribution in [1.82, 2.24) is 15.8 Å². The van der Waals surface area contributed by atoms with Crippen LogP contribution in [0.5, 0.6) is 17.2 Å². The third-order valence-corrected chi connectivity index (χ3v) is 2.62. The molecule has 1 rings (SSSR count). The monoisotopic (exact) mass is 297 g/mol. The van der Waals surface area contributed by atoms with Crippen molar-refractivity contribution in [2.75, 3.05) is 35.4 Å². The number of hydrogen-bond donors (Lipinski definition) is 2. The van der Waals surface area contributed by atoms with Gasteiger partial charge in [-0.3, -0.25) is 10.2 Å². The number of carbonyl (C=O) groups excluding carboxylic acids is 2. The largest absolute Gasteiger partial charge is 0.493 e. The van der Waals surface area contributed by atoms with Crippen molar-refractivity contribution < 1.29 is 23.8 Å². The Bertz CT molecular complexity index is 506. The van der Waals surface area contributed by atoms with E-state index in [4.69, 9.17) is 14.2 Å². The highest BCUT2D eigenvalue weighted by atomic mass is 16.5. The Balaban J connectivity index is 2.97. The van der Waals surface area contributed by atoms with Gasteiger partial charge in [0.15, 0.2) is 11.5 Å². The van der Waals surface area contributed by atoms with Crippen LogP contribution < -0.4 is 25.1 Å². The molecule has 0 spiro atoms. The minimum absolute atomic E-state index is 0.253. The molecule has 3 amide bonds. The van der Waals surface area contributed by atoms with E-state index in [1.54, 1.807) is 14.1 Å². The average molecular weight is 297 g/mol. The summed E-state index contributed by atoms with van der Waals surface area (Å²) in [6.45, 7) is 0. The molecule has 2 N–H and O–H groups in total. The third kappa shape index (κ3) is 3.91. The molecule has 0 aliphatic rings. The van der Waals surface area contributed by atoms with Crippen molar-refractivity contribution in [3.8, 4) is 17.2 Å². The highest BCUT2D eigenvalue weighted by Crippen LogP contribution is 2.38. The lowest BCUT2D eigenvalue weighted by atomic mass is 10.1. The van der Waals surface area contributed by atoms with Gasteiger partial charge in [0.05, 0.1) is 21.3 Å². The van der Waals surface area contributed by atoms with E-state index in [2.05, 4.69) is 10.9 Å². The maximum Gasteiger partial charge on any atom is 0.335 e. The van der Waals surface area contributed by atoms with Crippen molar-refractivity contribution in [3.63, 3.8) is 0 Å². The van der Waals surface area contributed by atoms with Crippen molar-refractivity contribution in [3.05, 3.63) is 17.7 Å². The number of hydrogen-bond acceptors (Lipinski definition) is 5. The molecule has 0 atom stereocenters. The molecule has 0 saturated carbocycles. The second kappa shape index (κ2) is 7.22. The Hall–Kier alpha value is -2.64. The van der Waals surface area contributed by atoms with E-state index in [1.807, 2.05) is 0 Å². The molecule has 1 aromatic carbocycles. The first-order chi connectivity index (χ1) is 9.94. The number of benzene rings is 1. The van der Waals surface area contributed by atoms with Crippen molar-refractivity contribution in [2.24, 2.45) is 0 Å². The molecule has 0 unspecified atom stereocenters. The number of ether oxygens (including phenoxy) is 3. The maximum atomic E-state index is 12.0. The van der Waals surface area contributed by atoms with E-state index in [0.29, 0.717) is 17.2 Å². The maximum absolute atomic E-state index is 12.0. The molecule has 0 aliphatic carbocycles. The fourth-order valence-electron chi connectivity index (χ4n) is 1.51. The SMILES string of the molecule is COc1cc(C(=O)NNC(=O)N(C)C)cc(OC)c1OC. The van der Waals surface area contributed by atoms with Gasteiger partial charge in [-0.25, -0.2) is 10.2 Å². The summed E-state index contributed by atoms with van der Waals surface area (Å²) in [5.41, 5.74) is 4.80. The van der Waals surface area contributed by atoms with Crippen LogP contribution in [0.25, 0.3) is 0 Å². The summed E-state index contributed by atoms with van der Waals surface area (Å²) in [6, 6.07) is 2.52. The van der Waals surface area contributed by atoms with Crippen LogP contribution in [0, 0.1) is 0 Å². The van der Waals surface area contributed by atoms with Crippen molar-refractivity contribution in [2.45, 2.75) is 0 Å². The van der Waals surface area contributed by atoms with Crippen LogP contribution in [-0.2, 0) is 0 Å². The van der Waals surface area contributed by atoms with E-state index < -0.39 is 11.9 Å². The molecule has 0 aromatic heterocycles. The molecule has 0 radical (unpaired) electrons. The molecule has 0 saturated heterocycles. The van der Waals surface area contributed by atoms with Gasteiger partial charge in [-0.2, -0.15) is 0 Å². The summed E-state index contributed by atoms with van der Waals surface area (Å²) in [6.07, 6.45) is 0. The Morgan fingerprint density at radius 1 is 0.952 bits per heavy atom. The number of urea groups is 1. The topological polar surface area (TPSA) is 89.1 Å². The van der Waals surface area contributed by atoms with E-state index in [0.717, 1.165) is 0 Å². The van der Waals surface area contributed by atoms with Crippen molar-refractivity contribution in [1.29, 1.82) is 0 Å². The van der Waals surface area contributed by atoms with Gasteiger partial charge in [0, 0.05) is 19.7 Å². The molecule has 0 fully saturated rings. The minimum Gasteiger partial charge on any atom is -0.493 e. The van der Waals surface area contributed by atoms with Crippen LogP contribution in [-0.4, -0.2) is 52.3 Å². The van der Waals surface area contributed by atoms with E-state index >= 15 is 0 Å². The number of nitrogens with one attached hydrogen (secondary N) is 2. The van der Waals surface area contributed by atoms with Gasteiger partial charge in [-0.15, -0.1) is 0 Å². The summed E-state index contributed by atoms with van der Waals surface area (Å²) in [4.78, 5) is 24.7. The summed E-state index contributed by atoms with van der Waals surface area (Å²) >= 11 is 0. The molecule has 0 bridgehead atoms. The number of nitrogens with zero attached hydrogens (tertiary/aromatic N) is 1. The van der Waals surface area contributed by atoms with Gasteiger partial charge in [0.2, 0.25) is 5.75 Å². The Kier molecular flexibility index (Phi) is 5.65. The van der Waals surface area contributed by atoms with Gasteiger partial charge in [-0.1, -0.05) is 0 Å². The number of carbonyl (C=O) groups is 2. The standard InChI is InChI=1S/C13H19N3O5/c1-16(2)13(18)15-14-12(17)8-6-9(19-3)11(21-5)10(7-8)20-4/h6-7H,1-5H3,(H,14,17)(H,15,18). The van der Waals surface area contributed by atoms with Crippen LogP contribution in [0.15, 0.2) is 12.1 Å². The number of hydrazine groups is 1. The molecular formula is C13H19N3O5. The molecular weight excluding hydrogens is 278 g/mol. The van der Waals surface area contributed by atoms with Crippen LogP contribution in [0.2, 0.25) is 0 Å². The normalized spacial score (nSPS) is 9.57. The summed E-state index contributed by atoms with van der Waals surface area (Å²) in [5.74, 6) is 0.570. The zero-order chi connectivity index (χ0) is 16.0. The Labute approximate surface area is 122 Å². The van der Waals surface area contributed by atoms with Gasteiger partial charge in [0.1, 0.15) is 0 Å². The molecule has 116 valence electrons. The number of methoxy groups -OCH3 is 3. The molecule has 0 aliphatic heterocycles. The highest BCUT2D eigenvalue weighted by Gasteiger charge is 2.17. The van der Waals surface area contributed by atoms with E-state index in [9.17, 15) is 9.59 Å². The third-order valence-electron chi connectivity index (χ3n) is 2.62. The van der Waals surface area contributed by atoms with Crippen LogP contribution in [0.3, 0.4) is 0 Å². The lowest BCUT2D eigenvalue weighted by molar-refractivity contribution is 0.0932. The second-order valence-corrected chi connectivity index (χ2v) is 4.19. The van der Waals surface area contributed by atoms with E-state index in [-0.39, 0.29) is 5.56 Å². The van der Waals surface area contributed by atoms with Gasteiger partial charge >= 0.3 is 6.03 Å². The van der Waals surface area contributed by atoms with Crippen LogP contribution in [0.1, 0.15) is 10.4 Å². The molecule has 8 heteroatoms. The summed E-state index contributed by atoms with van der Waals surface area (Å²) in [7, 11) is 7.48. The summed E-state index contributed by atoms with van der Waals surface area (Å²) < 4.78 is 15.5. The lowest BCUT2D eigenvalue weighted by Crippen LogP contribution is -2.46.